The molecule has 0 saturated heterocycles. The largest absolute Gasteiger partial charge is 0.720 e. The SMILES string of the molecule is [N-]=C1[CH+]C(=[N-])[CH+]C(=[N-])[CH+]1. The van der Waals surface area contributed by atoms with E-state index in [0.29, 0.717) is 0 Å². The Balaban J connectivity index is 2.64. The minimum atomic E-state index is -0.146. The van der Waals surface area contributed by atoms with E-state index in [-0.39, 0.29) is 17.1 Å². The molecule has 1 aliphatic carbocycles. The van der Waals surface area contributed by atoms with Gasteiger partial charge in [-0.25, -0.2) is 0 Å². The summed E-state index contributed by atoms with van der Waals surface area (Å²) >= 11 is 0. The molecule has 0 unspecified atom stereocenters. The topological polar surface area (TPSA) is 66.9 Å². The Labute approximate surface area is 53.6 Å². The second-order valence-electron chi connectivity index (χ2n) is 1.71. The smallest absolute Gasteiger partial charge is 0.190 e. The van der Waals surface area contributed by atoms with E-state index in [0.717, 1.165) is 19.3 Å². The first-order chi connectivity index (χ1) is 4.18. The van der Waals surface area contributed by atoms with E-state index in [1.807, 2.05) is 0 Å². The molecule has 0 radical (unpaired) electrons. The molecular weight excluding hydrogens is 114 g/mol. The lowest BCUT2D eigenvalue weighted by atomic mass is 9.95. The third kappa shape index (κ3) is 1.25. The van der Waals surface area contributed by atoms with E-state index in [9.17, 15) is 0 Å². The molecule has 1 saturated carbocycles. The molecule has 0 N–H and O–H groups in total. The van der Waals surface area contributed by atoms with Crippen LogP contribution < -0.4 is 0 Å². The summed E-state index contributed by atoms with van der Waals surface area (Å²) in [5, 5.41) is 26.0. The fourth-order valence-corrected chi connectivity index (χ4v) is 0.580. The van der Waals surface area contributed by atoms with Crippen molar-refractivity contribution in [2.75, 3.05) is 0 Å². The van der Waals surface area contributed by atoms with Gasteiger partial charge in [-0.15, -0.1) is 0 Å². The zero-order chi connectivity index (χ0) is 6.85. The normalized spacial score (nSPS) is 18.0. The lowest BCUT2D eigenvalue weighted by Gasteiger charge is -2.01. The third-order valence-corrected chi connectivity index (χ3v) is 0.887. The summed E-state index contributed by atoms with van der Waals surface area (Å²) in [5.41, 5.74) is -0.437. The first-order valence-corrected chi connectivity index (χ1v) is 2.40. The molecular formula is C6H3N3. The van der Waals surface area contributed by atoms with Gasteiger partial charge in [-0.05, 0) is 0 Å². The second kappa shape index (κ2) is 1.85. The Morgan fingerprint density at radius 3 is 1.11 bits per heavy atom. The Hall–Kier alpha value is -1.38. The van der Waals surface area contributed by atoms with Gasteiger partial charge in [-0.1, -0.05) is 0 Å². The summed E-state index contributed by atoms with van der Waals surface area (Å²) in [7, 11) is 0. The van der Waals surface area contributed by atoms with E-state index in [1.54, 1.807) is 0 Å². The maximum absolute atomic E-state index is 8.67. The fraction of sp³-hybridized carbons (Fsp3) is 0. The molecule has 42 valence electrons. The Morgan fingerprint density at radius 1 is 0.667 bits per heavy atom. The van der Waals surface area contributed by atoms with Gasteiger partial charge in [-0.2, -0.15) is 0 Å². The van der Waals surface area contributed by atoms with Gasteiger partial charge in [0.2, 0.25) is 0 Å². The van der Waals surface area contributed by atoms with Crippen molar-refractivity contribution >= 4 is 17.1 Å². The zero-order valence-electron chi connectivity index (χ0n) is 4.57. The van der Waals surface area contributed by atoms with Gasteiger partial charge in [0.05, 0.1) is 0 Å². The number of rotatable bonds is 0. The summed E-state index contributed by atoms with van der Waals surface area (Å²) in [5.74, 6) is 0. The van der Waals surface area contributed by atoms with E-state index < -0.39 is 0 Å². The molecule has 9 heavy (non-hydrogen) atoms. The second-order valence-corrected chi connectivity index (χ2v) is 1.71. The van der Waals surface area contributed by atoms with Crippen LogP contribution in [0.5, 0.6) is 0 Å². The fourth-order valence-electron chi connectivity index (χ4n) is 0.580. The van der Waals surface area contributed by atoms with Crippen molar-refractivity contribution in [3.05, 3.63) is 35.5 Å². The average molecular weight is 117 g/mol. The Morgan fingerprint density at radius 2 is 0.889 bits per heavy atom. The Bertz CT molecular complexity index is 135. The summed E-state index contributed by atoms with van der Waals surface area (Å²) in [4.78, 5) is 0. The van der Waals surface area contributed by atoms with Crippen LogP contribution in [0.1, 0.15) is 0 Å². The van der Waals surface area contributed by atoms with Crippen LogP contribution >= 0.6 is 0 Å². The third-order valence-electron chi connectivity index (χ3n) is 0.887. The van der Waals surface area contributed by atoms with Crippen molar-refractivity contribution in [2.24, 2.45) is 0 Å². The average Bonchev–Trinajstić information content (AvgIpc) is 1.59. The highest BCUT2D eigenvalue weighted by molar-refractivity contribution is 6.43. The van der Waals surface area contributed by atoms with Crippen LogP contribution in [0.3, 0.4) is 0 Å². The van der Waals surface area contributed by atoms with E-state index in [1.165, 1.54) is 0 Å². The van der Waals surface area contributed by atoms with Gasteiger partial charge >= 0.3 is 0 Å². The molecule has 3 heteroatoms. The van der Waals surface area contributed by atoms with Crippen LogP contribution in [0, 0.1) is 19.3 Å². The molecule has 0 heterocycles. The lowest BCUT2D eigenvalue weighted by Crippen LogP contribution is -2.22. The maximum Gasteiger partial charge on any atom is 0.190 e. The van der Waals surface area contributed by atoms with Gasteiger partial charge in [0.25, 0.3) is 0 Å². The number of nitrogens with zero attached hydrogens (tertiary/aromatic N) is 3. The van der Waals surface area contributed by atoms with Crippen LogP contribution in [0.25, 0.3) is 16.2 Å². The highest BCUT2D eigenvalue weighted by Crippen LogP contribution is 2.05. The lowest BCUT2D eigenvalue weighted by molar-refractivity contribution is 1.84. The van der Waals surface area contributed by atoms with Gasteiger partial charge < -0.3 is 16.2 Å². The van der Waals surface area contributed by atoms with Crippen LogP contribution in [0.15, 0.2) is 0 Å². The molecule has 0 aromatic carbocycles. The predicted molar refractivity (Wildman–Crippen MR) is 38.0 cm³/mol. The molecule has 3 nitrogen and oxygen atoms in total. The maximum atomic E-state index is 8.67. The highest BCUT2D eigenvalue weighted by atomic mass is 14.5. The van der Waals surface area contributed by atoms with Gasteiger partial charge in [0.15, 0.2) is 36.4 Å². The van der Waals surface area contributed by atoms with E-state index in [4.69, 9.17) is 16.2 Å². The van der Waals surface area contributed by atoms with Gasteiger partial charge in [0.1, 0.15) is 0 Å². The summed E-state index contributed by atoms with van der Waals surface area (Å²) < 4.78 is 0. The Kier molecular flexibility index (Phi) is 1.18. The molecule has 1 rings (SSSR count). The monoisotopic (exact) mass is 117 g/mol. The predicted octanol–water partition coefficient (Wildman–Crippen LogP) is 0.644. The minimum Gasteiger partial charge on any atom is -0.720 e. The summed E-state index contributed by atoms with van der Waals surface area (Å²) in [6.45, 7) is 0. The molecule has 1 fully saturated rings. The summed E-state index contributed by atoms with van der Waals surface area (Å²) in [6, 6.07) is 0. The van der Waals surface area contributed by atoms with Crippen molar-refractivity contribution in [1.29, 1.82) is 0 Å². The molecule has 1 aliphatic rings. The van der Waals surface area contributed by atoms with Gasteiger partial charge in [-0.3, -0.25) is 0 Å². The van der Waals surface area contributed by atoms with Crippen molar-refractivity contribution in [3.8, 4) is 0 Å². The molecule has 0 aliphatic heterocycles. The minimum absolute atomic E-state index is 0.146. The first kappa shape index (κ1) is 5.75. The van der Waals surface area contributed by atoms with E-state index in [2.05, 4.69) is 0 Å². The summed E-state index contributed by atoms with van der Waals surface area (Å²) in [6.07, 6.45) is 3.42. The number of hydrogen-bond donors (Lipinski definition) is 0. The quantitative estimate of drug-likeness (QED) is 0.418. The van der Waals surface area contributed by atoms with Crippen LogP contribution in [0.4, 0.5) is 0 Å². The van der Waals surface area contributed by atoms with Crippen molar-refractivity contribution < 1.29 is 0 Å². The number of hydrogen-bond acceptors (Lipinski definition) is 0. The molecule has 0 aromatic heterocycles. The van der Waals surface area contributed by atoms with Crippen LogP contribution in [-0.4, -0.2) is 17.1 Å². The highest BCUT2D eigenvalue weighted by Gasteiger charge is 2.28. The molecule has 0 aromatic rings. The first-order valence-electron chi connectivity index (χ1n) is 2.40. The zero-order valence-corrected chi connectivity index (χ0v) is 4.57. The molecule has 0 amide bonds. The van der Waals surface area contributed by atoms with Crippen LogP contribution in [-0.2, 0) is 0 Å². The molecule has 0 spiro atoms. The van der Waals surface area contributed by atoms with Gasteiger partial charge in [0, 0.05) is 0 Å². The van der Waals surface area contributed by atoms with Crippen molar-refractivity contribution in [2.45, 2.75) is 0 Å². The molecule has 0 atom stereocenters. The van der Waals surface area contributed by atoms with Crippen molar-refractivity contribution in [3.63, 3.8) is 0 Å². The van der Waals surface area contributed by atoms with Crippen molar-refractivity contribution in [1.82, 2.24) is 0 Å². The molecule has 0 bridgehead atoms. The standard InChI is InChI=1S/C6H3N3/c7-4-1-5(8)3-6(9)2-4/h1-3H. The van der Waals surface area contributed by atoms with Crippen LogP contribution in [0.2, 0.25) is 0 Å². The van der Waals surface area contributed by atoms with E-state index >= 15 is 0 Å².